The van der Waals surface area contributed by atoms with Crippen molar-refractivity contribution in [2.45, 2.75) is 12.8 Å². The van der Waals surface area contributed by atoms with E-state index in [-0.39, 0.29) is 5.78 Å². The summed E-state index contributed by atoms with van der Waals surface area (Å²) in [6.07, 6.45) is 17.3. The van der Waals surface area contributed by atoms with E-state index in [0.29, 0.717) is 0 Å². The molecule has 0 saturated heterocycles. The molecular formula is C13H12O. The minimum Gasteiger partial charge on any atom is -0.290 e. The van der Waals surface area contributed by atoms with Crippen molar-refractivity contribution >= 4 is 5.78 Å². The summed E-state index contributed by atoms with van der Waals surface area (Å²) in [5.41, 5.74) is 2.01. The highest BCUT2D eigenvalue weighted by Crippen LogP contribution is 2.14. The maximum atomic E-state index is 11.6. The topological polar surface area (TPSA) is 17.1 Å². The number of hydrogen-bond acceptors (Lipinski definition) is 1. The van der Waals surface area contributed by atoms with Gasteiger partial charge in [-0.25, -0.2) is 0 Å². The first kappa shape index (κ1) is 8.95. The van der Waals surface area contributed by atoms with Crippen molar-refractivity contribution in [3.05, 3.63) is 59.8 Å². The van der Waals surface area contributed by atoms with Gasteiger partial charge in [-0.2, -0.15) is 0 Å². The van der Waals surface area contributed by atoms with Gasteiger partial charge in [0.1, 0.15) is 0 Å². The van der Waals surface area contributed by atoms with Crippen molar-refractivity contribution < 1.29 is 4.79 Å². The normalized spacial score (nSPS) is 19.1. The maximum Gasteiger partial charge on any atom is 0.182 e. The predicted octanol–water partition coefficient (Wildman–Crippen LogP) is 2.88. The Morgan fingerprint density at radius 2 is 2.29 bits per heavy atom. The highest BCUT2D eigenvalue weighted by atomic mass is 16.1. The molecule has 1 nitrogen and oxygen atoms in total. The second-order valence-electron chi connectivity index (χ2n) is 3.36. The Kier molecular flexibility index (Phi) is 2.59. The van der Waals surface area contributed by atoms with E-state index in [0.717, 1.165) is 24.0 Å². The van der Waals surface area contributed by atoms with Crippen LogP contribution in [0, 0.1) is 0 Å². The Labute approximate surface area is 83.8 Å². The van der Waals surface area contributed by atoms with E-state index in [1.165, 1.54) is 0 Å². The zero-order chi connectivity index (χ0) is 9.80. The highest BCUT2D eigenvalue weighted by Gasteiger charge is 2.06. The molecule has 0 amide bonds. The summed E-state index contributed by atoms with van der Waals surface area (Å²) in [7, 11) is 0. The van der Waals surface area contributed by atoms with Crippen molar-refractivity contribution in [1.29, 1.82) is 0 Å². The summed E-state index contributed by atoms with van der Waals surface area (Å²) in [5, 5.41) is 0. The Bertz CT molecular complexity index is 389. The first-order valence-corrected chi connectivity index (χ1v) is 4.81. The van der Waals surface area contributed by atoms with Crippen molar-refractivity contribution in [2.75, 3.05) is 0 Å². The standard InChI is InChI=1S/C13H12O/c14-13(12-7-3-4-8-12)10-9-11-5-1-2-6-11/h1,3-7,9-10H,2,8H2/b10-9+. The number of carbonyl (C=O) groups is 1. The molecule has 1 heteroatoms. The molecule has 14 heavy (non-hydrogen) atoms. The van der Waals surface area contributed by atoms with Crippen LogP contribution in [-0.4, -0.2) is 5.78 Å². The quantitative estimate of drug-likeness (QED) is 0.616. The van der Waals surface area contributed by atoms with Gasteiger partial charge in [-0.15, -0.1) is 0 Å². The van der Waals surface area contributed by atoms with Crippen LogP contribution in [0.4, 0.5) is 0 Å². The molecule has 0 aromatic rings. The lowest BCUT2D eigenvalue weighted by molar-refractivity contribution is -0.111. The zero-order valence-corrected chi connectivity index (χ0v) is 7.94. The van der Waals surface area contributed by atoms with E-state index in [1.54, 1.807) is 6.08 Å². The average Bonchev–Trinajstić information content (AvgIpc) is 2.87. The molecule has 0 fully saturated rings. The molecular weight excluding hydrogens is 172 g/mol. The molecule has 0 saturated carbocycles. The number of rotatable bonds is 3. The van der Waals surface area contributed by atoms with Crippen LogP contribution in [0.5, 0.6) is 0 Å². The Hall–Kier alpha value is -1.63. The molecule has 0 bridgehead atoms. The first-order valence-electron chi connectivity index (χ1n) is 4.81. The summed E-state index contributed by atoms with van der Waals surface area (Å²) >= 11 is 0. The van der Waals surface area contributed by atoms with Gasteiger partial charge in [-0.05, 0) is 24.5 Å². The van der Waals surface area contributed by atoms with Crippen LogP contribution in [0.15, 0.2) is 59.8 Å². The monoisotopic (exact) mass is 184 g/mol. The molecule has 0 aromatic carbocycles. The molecule has 0 heterocycles. The van der Waals surface area contributed by atoms with Gasteiger partial charge in [0.05, 0.1) is 0 Å². The van der Waals surface area contributed by atoms with E-state index in [4.69, 9.17) is 0 Å². The summed E-state index contributed by atoms with van der Waals surface area (Å²) in [4.78, 5) is 11.6. The van der Waals surface area contributed by atoms with Crippen molar-refractivity contribution in [2.24, 2.45) is 0 Å². The molecule has 2 aliphatic rings. The van der Waals surface area contributed by atoms with Crippen LogP contribution in [0.3, 0.4) is 0 Å². The molecule has 2 rings (SSSR count). The third kappa shape index (κ3) is 1.99. The van der Waals surface area contributed by atoms with E-state index in [9.17, 15) is 4.79 Å². The molecule has 0 atom stereocenters. The number of carbonyl (C=O) groups excluding carboxylic acids is 1. The minimum absolute atomic E-state index is 0.121. The zero-order valence-electron chi connectivity index (χ0n) is 7.94. The Morgan fingerprint density at radius 1 is 1.36 bits per heavy atom. The molecule has 0 N–H and O–H groups in total. The van der Waals surface area contributed by atoms with Gasteiger partial charge in [0.15, 0.2) is 5.78 Å². The van der Waals surface area contributed by atoms with Gasteiger partial charge in [-0.3, -0.25) is 4.79 Å². The lowest BCUT2D eigenvalue weighted by Gasteiger charge is -1.93. The van der Waals surface area contributed by atoms with Crippen LogP contribution in [-0.2, 0) is 4.79 Å². The van der Waals surface area contributed by atoms with E-state index >= 15 is 0 Å². The van der Waals surface area contributed by atoms with E-state index in [2.05, 4.69) is 12.2 Å². The molecule has 70 valence electrons. The van der Waals surface area contributed by atoms with Gasteiger partial charge >= 0.3 is 0 Å². The average molecular weight is 184 g/mol. The number of allylic oxidation sites excluding steroid dienone is 10. The Morgan fingerprint density at radius 3 is 2.93 bits per heavy atom. The molecule has 0 unspecified atom stereocenters. The molecule has 0 spiro atoms. The third-order valence-electron chi connectivity index (χ3n) is 2.31. The number of ketones is 1. The van der Waals surface area contributed by atoms with Gasteiger partial charge in [0.2, 0.25) is 0 Å². The fourth-order valence-electron chi connectivity index (χ4n) is 1.51. The summed E-state index contributed by atoms with van der Waals surface area (Å²) in [5.74, 6) is 0.121. The smallest absolute Gasteiger partial charge is 0.182 e. The minimum atomic E-state index is 0.121. The SMILES string of the molecule is O=C(/C=C/C1=CCC=C1)C1=CC=CC1. The van der Waals surface area contributed by atoms with Crippen LogP contribution in [0.25, 0.3) is 0 Å². The van der Waals surface area contributed by atoms with E-state index < -0.39 is 0 Å². The second kappa shape index (κ2) is 4.05. The highest BCUT2D eigenvalue weighted by molar-refractivity contribution is 6.05. The predicted molar refractivity (Wildman–Crippen MR) is 57.8 cm³/mol. The first-order chi connectivity index (χ1) is 6.86. The van der Waals surface area contributed by atoms with Gasteiger partial charge < -0.3 is 0 Å². The fraction of sp³-hybridized carbons (Fsp3) is 0.154. The summed E-state index contributed by atoms with van der Waals surface area (Å²) < 4.78 is 0. The van der Waals surface area contributed by atoms with Gasteiger partial charge in [0.25, 0.3) is 0 Å². The van der Waals surface area contributed by atoms with Gasteiger partial charge in [-0.1, -0.05) is 42.5 Å². The van der Waals surface area contributed by atoms with Crippen molar-refractivity contribution in [1.82, 2.24) is 0 Å². The lowest BCUT2D eigenvalue weighted by atomic mass is 10.1. The van der Waals surface area contributed by atoms with E-state index in [1.807, 2.05) is 30.4 Å². The Balaban J connectivity index is 1.97. The van der Waals surface area contributed by atoms with Crippen LogP contribution < -0.4 is 0 Å². The molecule has 0 aliphatic heterocycles. The summed E-state index contributed by atoms with van der Waals surface area (Å²) in [6, 6.07) is 0. The van der Waals surface area contributed by atoms with Gasteiger partial charge in [0, 0.05) is 5.57 Å². The maximum absolute atomic E-state index is 11.6. The largest absolute Gasteiger partial charge is 0.290 e. The summed E-state index contributed by atoms with van der Waals surface area (Å²) in [6.45, 7) is 0. The van der Waals surface area contributed by atoms with Crippen LogP contribution >= 0.6 is 0 Å². The lowest BCUT2D eigenvalue weighted by Crippen LogP contribution is -1.95. The number of hydrogen-bond donors (Lipinski definition) is 0. The molecule has 2 aliphatic carbocycles. The van der Waals surface area contributed by atoms with Crippen LogP contribution in [0.2, 0.25) is 0 Å². The van der Waals surface area contributed by atoms with Crippen molar-refractivity contribution in [3.63, 3.8) is 0 Å². The second-order valence-corrected chi connectivity index (χ2v) is 3.36. The molecule has 0 radical (unpaired) electrons. The fourth-order valence-corrected chi connectivity index (χ4v) is 1.51. The van der Waals surface area contributed by atoms with Crippen molar-refractivity contribution in [3.8, 4) is 0 Å². The van der Waals surface area contributed by atoms with Crippen LogP contribution in [0.1, 0.15) is 12.8 Å². The third-order valence-corrected chi connectivity index (χ3v) is 2.31. The molecule has 0 aromatic heterocycles.